The van der Waals surface area contributed by atoms with Gasteiger partial charge in [-0.2, -0.15) is 0 Å². The van der Waals surface area contributed by atoms with E-state index < -0.39 is 0 Å². The number of benzene rings is 10. The third-order valence-corrected chi connectivity index (χ3v) is 12.0. The summed E-state index contributed by atoms with van der Waals surface area (Å²) < 4.78 is 2.52. The number of fused-ring (bicyclic) bond motifs is 8. The molecule has 0 N–H and O–H groups in total. The van der Waals surface area contributed by atoms with Crippen molar-refractivity contribution in [2.24, 2.45) is 0 Å². The average Bonchev–Trinajstić information content (AvgIpc) is 3.63. The molecule has 0 fully saturated rings. The lowest BCUT2D eigenvalue weighted by molar-refractivity contribution is 1.18. The first-order valence-electron chi connectivity index (χ1n) is 20.4. The van der Waals surface area contributed by atoms with E-state index in [1.807, 2.05) is 0 Å². The topological polar surface area (TPSA) is 11.4 Å². The highest BCUT2D eigenvalue weighted by molar-refractivity contribution is 6.32. The van der Waals surface area contributed by atoms with Gasteiger partial charge in [0.25, 0.3) is 0 Å². The van der Waals surface area contributed by atoms with E-state index in [-0.39, 0.29) is 0 Å². The monoisotopic (exact) mass is 755 g/mol. The van der Waals surface area contributed by atoms with Gasteiger partial charge >= 0.3 is 0 Å². The van der Waals surface area contributed by atoms with Crippen LogP contribution in [-0.4, -0.2) is 4.57 Å². The Morgan fingerprint density at radius 1 is 0.322 bits per heavy atom. The molecule has 3 heteroatoms. The summed E-state index contributed by atoms with van der Waals surface area (Å²) in [5, 5.41) is 9.75. The Morgan fingerprint density at radius 2 is 0.729 bits per heavy atom. The second-order valence-corrected chi connectivity index (χ2v) is 15.5. The van der Waals surface area contributed by atoms with Crippen LogP contribution in [0.25, 0.3) is 59.8 Å². The first-order valence-corrected chi connectivity index (χ1v) is 20.4. The van der Waals surface area contributed by atoms with Crippen LogP contribution in [-0.2, 0) is 0 Å². The maximum Gasteiger partial charge on any atom is 0.0568 e. The predicted molar refractivity (Wildman–Crippen MR) is 252 cm³/mol. The van der Waals surface area contributed by atoms with Crippen molar-refractivity contribution in [2.45, 2.75) is 13.8 Å². The van der Waals surface area contributed by atoms with Crippen LogP contribution in [0, 0.1) is 13.8 Å². The molecule has 59 heavy (non-hydrogen) atoms. The minimum Gasteiger partial charge on any atom is -0.310 e. The van der Waals surface area contributed by atoms with Crippen LogP contribution in [0.4, 0.5) is 34.1 Å². The first-order chi connectivity index (χ1) is 29.1. The van der Waals surface area contributed by atoms with E-state index >= 15 is 0 Å². The first kappa shape index (κ1) is 34.6. The molecular weight excluding hydrogens is 715 g/mol. The van der Waals surface area contributed by atoms with Crippen LogP contribution >= 0.6 is 0 Å². The second kappa shape index (κ2) is 14.1. The summed E-state index contributed by atoms with van der Waals surface area (Å²) in [4.78, 5) is 4.89. The van der Waals surface area contributed by atoms with Crippen molar-refractivity contribution in [1.29, 1.82) is 0 Å². The van der Waals surface area contributed by atoms with Crippen molar-refractivity contribution in [3.8, 4) is 5.69 Å². The van der Waals surface area contributed by atoms with Crippen LogP contribution in [0.3, 0.4) is 0 Å². The van der Waals surface area contributed by atoms with Crippen molar-refractivity contribution in [3.05, 3.63) is 223 Å². The molecule has 0 radical (unpaired) electrons. The molecule has 0 amide bonds. The highest BCUT2D eigenvalue weighted by Gasteiger charge is 2.26. The van der Waals surface area contributed by atoms with Gasteiger partial charge in [0, 0.05) is 50.0 Å². The molecule has 11 aromatic rings. The standard InChI is InChI=1S/C56H41N3/c1-38-19-9-17-31-49(38)57(42-23-5-3-6-24-42)51-36-53-55(47-29-15-13-27-45(47)51)56-48-30-16-14-28-46(48)52(58(43-25-7-4-8-26-43)50-32-18-10-20-39(50)2)37-54(56)59(53)44-34-33-40-21-11-12-22-41(40)35-44/h3-37H,1-2H3. The van der Waals surface area contributed by atoms with Crippen LogP contribution in [0.15, 0.2) is 212 Å². The SMILES string of the molecule is Cc1ccccc1N(c1ccccc1)c1cc2c(c3ccccc13)c1c3ccccc3c(N(c3ccccc3)c3ccccc3C)cc1n2-c1ccc2ccccc2c1. The summed E-state index contributed by atoms with van der Waals surface area (Å²) >= 11 is 0. The summed E-state index contributed by atoms with van der Waals surface area (Å²) in [7, 11) is 0. The van der Waals surface area contributed by atoms with Crippen molar-refractivity contribution in [3.63, 3.8) is 0 Å². The highest BCUT2D eigenvalue weighted by atomic mass is 15.2. The number of rotatable bonds is 7. The fourth-order valence-electron chi connectivity index (χ4n) is 9.25. The van der Waals surface area contributed by atoms with Gasteiger partial charge in [-0.25, -0.2) is 0 Å². The minimum absolute atomic E-state index is 1.11. The Bertz CT molecular complexity index is 3180. The molecule has 3 nitrogen and oxygen atoms in total. The number of anilines is 6. The third kappa shape index (κ3) is 5.66. The fourth-order valence-corrected chi connectivity index (χ4v) is 9.25. The molecule has 0 spiro atoms. The number of aryl methyl sites for hydroxylation is 2. The fraction of sp³-hybridized carbons (Fsp3) is 0.0357. The van der Waals surface area contributed by atoms with Crippen LogP contribution in [0.2, 0.25) is 0 Å². The summed E-state index contributed by atoms with van der Waals surface area (Å²) in [5.74, 6) is 0. The van der Waals surface area contributed by atoms with E-state index in [2.05, 4.69) is 241 Å². The Kier molecular flexibility index (Phi) is 8.27. The molecule has 10 aromatic carbocycles. The average molecular weight is 756 g/mol. The highest BCUT2D eigenvalue weighted by Crippen LogP contribution is 2.50. The molecule has 280 valence electrons. The Hall–Kier alpha value is -7.62. The number of hydrogen-bond donors (Lipinski definition) is 0. The van der Waals surface area contributed by atoms with Gasteiger partial charge in [0.15, 0.2) is 0 Å². The predicted octanol–water partition coefficient (Wildman–Crippen LogP) is 15.8. The van der Waals surface area contributed by atoms with Gasteiger partial charge in [-0.1, -0.05) is 152 Å². The Balaban J connectivity index is 1.34. The zero-order chi connectivity index (χ0) is 39.5. The largest absolute Gasteiger partial charge is 0.310 e. The van der Waals surface area contributed by atoms with Gasteiger partial charge in [0.2, 0.25) is 0 Å². The zero-order valence-electron chi connectivity index (χ0n) is 33.0. The summed E-state index contributed by atoms with van der Waals surface area (Å²) in [6.07, 6.45) is 0. The molecule has 1 aromatic heterocycles. The van der Waals surface area contributed by atoms with Gasteiger partial charge in [-0.05, 0) is 107 Å². The van der Waals surface area contributed by atoms with Crippen molar-refractivity contribution < 1.29 is 0 Å². The number of para-hydroxylation sites is 4. The normalized spacial score (nSPS) is 11.6. The molecule has 0 aliphatic carbocycles. The Labute approximate surface area is 344 Å². The lowest BCUT2D eigenvalue weighted by Gasteiger charge is -2.28. The third-order valence-electron chi connectivity index (χ3n) is 12.0. The second-order valence-electron chi connectivity index (χ2n) is 15.5. The Morgan fingerprint density at radius 3 is 1.22 bits per heavy atom. The summed E-state index contributed by atoms with van der Waals surface area (Å²) in [6.45, 7) is 4.41. The molecule has 0 aliphatic rings. The lowest BCUT2D eigenvalue weighted by atomic mass is 9.96. The van der Waals surface area contributed by atoms with Gasteiger partial charge < -0.3 is 14.4 Å². The smallest absolute Gasteiger partial charge is 0.0568 e. The van der Waals surface area contributed by atoms with Gasteiger partial charge in [-0.15, -0.1) is 0 Å². The van der Waals surface area contributed by atoms with Gasteiger partial charge in [0.05, 0.1) is 22.4 Å². The molecule has 1 heterocycles. The van der Waals surface area contributed by atoms with E-state index in [1.54, 1.807) is 0 Å². The van der Waals surface area contributed by atoms with Crippen molar-refractivity contribution in [1.82, 2.24) is 4.57 Å². The van der Waals surface area contributed by atoms with E-state index in [0.29, 0.717) is 0 Å². The van der Waals surface area contributed by atoms with E-state index in [4.69, 9.17) is 0 Å². The molecule has 0 aliphatic heterocycles. The van der Waals surface area contributed by atoms with Crippen LogP contribution in [0.1, 0.15) is 11.1 Å². The summed E-state index contributed by atoms with van der Waals surface area (Å²) in [5.41, 5.74) is 12.7. The maximum atomic E-state index is 2.52. The van der Waals surface area contributed by atoms with Gasteiger partial charge in [-0.3, -0.25) is 0 Å². The molecule has 0 bridgehead atoms. The number of aromatic nitrogens is 1. The molecule has 0 saturated carbocycles. The van der Waals surface area contributed by atoms with Crippen LogP contribution < -0.4 is 9.80 Å². The van der Waals surface area contributed by atoms with E-state index in [1.165, 1.54) is 54.2 Å². The minimum atomic E-state index is 1.11. The van der Waals surface area contributed by atoms with Gasteiger partial charge in [0.1, 0.15) is 0 Å². The number of nitrogens with zero attached hydrogens (tertiary/aromatic N) is 3. The van der Waals surface area contributed by atoms with E-state index in [0.717, 1.165) is 50.8 Å². The van der Waals surface area contributed by atoms with E-state index in [9.17, 15) is 0 Å². The molecule has 11 rings (SSSR count). The maximum absolute atomic E-state index is 2.52. The zero-order valence-corrected chi connectivity index (χ0v) is 33.0. The molecule has 0 saturated heterocycles. The summed E-state index contributed by atoms with van der Waals surface area (Å²) in [6, 6.07) is 77.4. The lowest BCUT2D eigenvalue weighted by Crippen LogP contribution is -2.12. The molecular formula is C56H41N3. The van der Waals surface area contributed by atoms with Crippen molar-refractivity contribution >= 4 is 88.2 Å². The molecule has 0 unspecified atom stereocenters. The van der Waals surface area contributed by atoms with Crippen LogP contribution in [0.5, 0.6) is 0 Å². The quantitative estimate of drug-likeness (QED) is 0.160. The van der Waals surface area contributed by atoms with Crippen molar-refractivity contribution in [2.75, 3.05) is 9.80 Å². The molecule has 0 atom stereocenters. The number of hydrogen-bond acceptors (Lipinski definition) is 2.